The Balaban J connectivity index is 2.02. The van der Waals surface area contributed by atoms with Crippen LogP contribution in [0.1, 0.15) is 32.6 Å². The molecular weight excluding hydrogens is 152 g/mol. The van der Waals surface area contributed by atoms with E-state index in [-0.39, 0.29) is 6.03 Å². The van der Waals surface area contributed by atoms with E-state index in [1.165, 1.54) is 19.3 Å². The summed E-state index contributed by atoms with van der Waals surface area (Å²) in [6, 6.07) is 0.117. The summed E-state index contributed by atoms with van der Waals surface area (Å²) in [6.07, 6.45) is 4.95. The monoisotopic (exact) mass is 170 g/mol. The summed E-state index contributed by atoms with van der Waals surface area (Å²) in [4.78, 5) is 13.0. The smallest absolute Gasteiger partial charge is 0.317 e. The molecule has 12 heavy (non-hydrogen) atoms. The van der Waals surface area contributed by atoms with Crippen LogP contribution in [-0.4, -0.2) is 30.6 Å². The molecule has 0 aromatic rings. The summed E-state index contributed by atoms with van der Waals surface area (Å²) in [6.45, 7) is 4.85. The lowest BCUT2D eigenvalue weighted by Gasteiger charge is -2.12. The van der Waals surface area contributed by atoms with Crippen molar-refractivity contribution in [2.75, 3.05) is 19.6 Å². The number of rotatable bonds is 5. The van der Waals surface area contributed by atoms with Gasteiger partial charge in [0.05, 0.1) is 0 Å². The van der Waals surface area contributed by atoms with E-state index in [0.717, 1.165) is 26.1 Å². The molecule has 1 rings (SSSR count). The maximum absolute atomic E-state index is 11.1. The predicted octanol–water partition coefficient (Wildman–Crippen LogP) is 1.59. The van der Waals surface area contributed by atoms with Crippen LogP contribution in [0.3, 0.4) is 0 Å². The summed E-state index contributed by atoms with van der Waals surface area (Å²) < 4.78 is 0. The quantitative estimate of drug-likeness (QED) is 0.624. The predicted molar refractivity (Wildman–Crippen MR) is 49.1 cm³/mol. The second-order valence-electron chi connectivity index (χ2n) is 3.28. The fourth-order valence-corrected chi connectivity index (χ4v) is 1.45. The third-order valence-corrected chi connectivity index (χ3v) is 2.23. The molecule has 0 atom stereocenters. The van der Waals surface area contributed by atoms with Gasteiger partial charge in [-0.3, -0.25) is 0 Å². The average molecular weight is 170 g/mol. The fraction of sp³-hybridized carbons (Fsp3) is 0.889. The van der Waals surface area contributed by atoms with Gasteiger partial charge in [-0.2, -0.15) is 0 Å². The molecule has 0 bridgehead atoms. The minimum Gasteiger partial charge on any atom is -0.336 e. The van der Waals surface area contributed by atoms with E-state index in [9.17, 15) is 4.79 Å². The first-order chi connectivity index (χ1) is 5.84. The largest absolute Gasteiger partial charge is 0.336 e. The highest BCUT2D eigenvalue weighted by Gasteiger charge is 2.17. The number of amides is 2. The SMILES string of the molecule is CCCCCCN1CCNC1=O. The molecule has 0 spiro atoms. The van der Waals surface area contributed by atoms with Crippen molar-refractivity contribution in [3.63, 3.8) is 0 Å². The van der Waals surface area contributed by atoms with Crippen LogP contribution < -0.4 is 5.32 Å². The van der Waals surface area contributed by atoms with Crippen molar-refractivity contribution < 1.29 is 4.79 Å². The molecule has 1 heterocycles. The molecule has 0 saturated carbocycles. The average Bonchev–Trinajstić information content (AvgIpc) is 2.46. The van der Waals surface area contributed by atoms with Gasteiger partial charge in [0, 0.05) is 19.6 Å². The maximum atomic E-state index is 11.1. The van der Waals surface area contributed by atoms with Gasteiger partial charge in [0.2, 0.25) is 0 Å². The van der Waals surface area contributed by atoms with Gasteiger partial charge in [-0.1, -0.05) is 26.2 Å². The van der Waals surface area contributed by atoms with Crippen LogP contribution >= 0.6 is 0 Å². The minimum absolute atomic E-state index is 0.117. The molecule has 0 radical (unpaired) electrons. The number of hydrogen-bond acceptors (Lipinski definition) is 1. The summed E-state index contributed by atoms with van der Waals surface area (Å²) in [7, 11) is 0. The highest BCUT2D eigenvalue weighted by molar-refractivity contribution is 5.76. The number of hydrogen-bond donors (Lipinski definition) is 1. The topological polar surface area (TPSA) is 32.3 Å². The van der Waals surface area contributed by atoms with E-state index < -0.39 is 0 Å². The molecule has 3 heteroatoms. The van der Waals surface area contributed by atoms with Gasteiger partial charge in [-0.05, 0) is 6.42 Å². The van der Waals surface area contributed by atoms with Crippen LogP contribution in [-0.2, 0) is 0 Å². The molecule has 1 N–H and O–H groups in total. The molecule has 1 aliphatic rings. The lowest BCUT2D eigenvalue weighted by molar-refractivity contribution is 0.216. The van der Waals surface area contributed by atoms with E-state index in [1.54, 1.807) is 0 Å². The van der Waals surface area contributed by atoms with Crippen molar-refractivity contribution in [3.05, 3.63) is 0 Å². The van der Waals surface area contributed by atoms with Crippen LogP contribution in [0.5, 0.6) is 0 Å². The molecule has 3 nitrogen and oxygen atoms in total. The van der Waals surface area contributed by atoms with Crippen molar-refractivity contribution in [1.29, 1.82) is 0 Å². The highest BCUT2D eigenvalue weighted by atomic mass is 16.2. The van der Waals surface area contributed by atoms with E-state index in [1.807, 2.05) is 4.90 Å². The van der Waals surface area contributed by atoms with E-state index in [0.29, 0.717) is 0 Å². The molecule has 0 aliphatic carbocycles. The summed E-state index contributed by atoms with van der Waals surface area (Å²) in [5.74, 6) is 0. The molecule has 1 saturated heterocycles. The number of nitrogens with zero attached hydrogens (tertiary/aromatic N) is 1. The highest BCUT2D eigenvalue weighted by Crippen LogP contribution is 2.03. The molecule has 1 fully saturated rings. The molecule has 1 aliphatic heterocycles. The molecule has 0 aromatic heterocycles. The van der Waals surface area contributed by atoms with Gasteiger partial charge < -0.3 is 10.2 Å². The van der Waals surface area contributed by atoms with E-state index >= 15 is 0 Å². The van der Waals surface area contributed by atoms with Crippen molar-refractivity contribution in [1.82, 2.24) is 10.2 Å². The number of urea groups is 1. The van der Waals surface area contributed by atoms with Gasteiger partial charge in [0.15, 0.2) is 0 Å². The Morgan fingerprint density at radius 2 is 2.25 bits per heavy atom. The lowest BCUT2D eigenvalue weighted by atomic mass is 10.2. The van der Waals surface area contributed by atoms with Crippen molar-refractivity contribution >= 4 is 6.03 Å². The zero-order valence-corrected chi connectivity index (χ0v) is 7.81. The van der Waals surface area contributed by atoms with E-state index in [2.05, 4.69) is 12.2 Å². The third-order valence-electron chi connectivity index (χ3n) is 2.23. The molecule has 0 unspecified atom stereocenters. The normalized spacial score (nSPS) is 16.8. The Morgan fingerprint density at radius 3 is 2.83 bits per heavy atom. The number of unbranched alkanes of at least 4 members (excludes halogenated alkanes) is 3. The van der Waals surface area contributed by atoms with Gasteiger partial charge >= 0.3 is 6.03 Å². The first kappa shape index (κ1) is 9.36. The zero-order chi connectivity index (χ0) is 8.81. The number of carbonyl (C=O) groups excluding carboxylic acids is 1. The summed E-state index contributed by atoms with van der Waals surface area (Å²) in [5, 5.41) is 2.80. The zero-order valence-electron chi connectivity index (χ0n) is 7.81. The van der Waals surface area contributed by atoms with Gasteiger partial charge in [0.1, 0.15) is 0 Å². The fourth-order valence-electron chi connectivity index (χ4n) is 1.45. The molecule has 0 aromatic carbocycles. The summed E-state index contributed by atoms with van der Waals surface area (Å²) >= 11 is 0. The van der Waals surface area contributed by atoms with Crippen molar-refractivity contribution in [2.45, 2.75) is 32.6 Å². The van der Waals surface area contributed by atoms with Gasteiger partial charge in [-0.15, -0.1) is 0 Å². The first-order valence-electron chi connectivity index (χ1n) is 4.87. The first-order valence-corrected chi connectivity index (χ1v) is 4.87. The minimum atomic E-state index is 0.117. The van der Waals surface area contributed by atoms with Crippen LogP contribution in [0.4, 0.5) is 4.79 Å². The second kappa shape index (κ2) is 5.01. The Bertz CT molecular complexity index is 147. The number of carbonyl (C=O) groups is 1. The second-order valence-corrected chi connectivity index (χ2v) is 3.28. The standard InChI is InChI=1S/C9H18N2O/c1-2-3-4-5-7-11-8-6-10-9(11)12/h2-8H2,1H3,(H,10,12). The molecule has 2 amide bonds. The van der Waals surface area contributed by atoms with Crippen LogP contribution in [0.2, 0.25) is 0 Å². The van der Waals surface area contributed by atoms with Crippen molar-refractivity contribution in [3.8, 4) is 0 Å². The summed E-state index contributed by atoms with van der Waals surface area (Å²) in [5.41, 5.74) is 0. The van der Waals surface area contributed by atoms with Gasteiger partial charge in [-0.25, -0.2) is 4.79 Å². The Hall–Kier alpha value is -0.730. The van der Waals surface area contributed by atoms with Gasteiger partial charge in [0.25, 0.3) is 0 Å². The molecule has 70 valence electrons. The Kier molecular flexibility index (Phi) is 3.91. The van der Waals surface area contributed by atoms with Crippen molar-refractivity contribution in [2.24, 2.45) is 0 Å². The van der Waals surface area contributed by atoms with Crippen LogP contribution in [0.25, 0.3) is 0 Å². The molecular formula is C9H18N2O. The Labute approximate surface area is 74.1 Å². The third kappa shape index (κ3) is 2.72. The van der Waals surface area contributed by atoms with Crippen LogP contribution in [0, 0.1) is 0 Å². The number of nitrogens with one attached hydrogen (secondary N) is 1. The van der Waals surface area contributed by atoms with E-state index in [4.69, 9.17) is 0 Å². The lowest BCUT2D eigenvalue weighted by Crippen LogP contribution is -2.28. The maximum Gasteiger partial charge on any atom is 0.317 e. The van der Waals surface area contributed by atoms with Crippen LogP contribution in [0.15, 0.2) is 0 Å². The Morgan fingerprint density at radius 1 is 1.42 bits per heavy atom.